The molecular weight excluding hydrogens is 270 g/mol. The Morgan fingerprint density at radius 2 is 2.19 bits per heavy atom. The minimum absolute atomic E-state index is 0.0000463. The molecule has 0 saturated heterocycles. The molecule has 1 saturated carbocycles. The van der Waals surface area contributed by atoms with Crippen LogP contribution in [0, 0.1) is 13.8 Å². The van der Waals surface area contributed by atoms with E-state index in [1.165, 1.54) is 0 Å². The third-order valence-corrected chi connectivity index (χ3v) is 4.30. The summed E-state index contributed by atoms with van der Waals surface area (Å²) in [5.74, 6) is 0.0000463. The maximum atomic E-state index is 12.1. The summed E-state index contributed by atoms with van der Waals surface area (Å²) in [4.78, 5) is 12.1. The van der Waals surface area contributed by atoms with E-state index in [1.54, 1.807) is 4.68 Å². The minimum Gasteiger partial charge on any atom is -0.346 e. The molecule has 1 aromatic heterocycles. The minimum atomic E-state index is -0.00813. The summed E-state index contributed by atoms with van der Waals surface area (Å²) in [6.07, 6.45) is 2.12. The van der Waals surface area contributed by atoms with E-state index in [1.807, 2.05) is 20.9 Å². The van der Waals surface area contributed by atoms with Crippen molar-refractivity contribution >= 4 is 21.8 Å². The van der Waals surface area contributed by atoms with Crippen LogP contribution in [0.2, 0.25) is 0 Å². The van der Waals surface area contributed by atoms with Crippen molar-refractivity contribution in [3.8, 4) is 0 Å². The number of amides is 1. The first kappa shape index (κ1) is 11.6. The van der Waals surface area contributed by atoms with Gasteiger partial charge in [0.1, 0.15) is 0 Å². The summed E-state index contributed by atoms with van der Waals surface area (Å²) in [5.41, 5.74) is 2.42. The Morgan fingerprint density at radius 3 is 2.56 bits per heavy atom. The number of hydrogen-bond acceptors (Lipinski definition) is 2. The average Bonchev–Trinajstić information content (AvgIpc) is 2.92. The van der Waals surface area contributed by atoms with Crippen LogP contribution in [-0.4, -0.2) is 26.6 Å². The molecular formula is C11H16BrN3O. The summed E-state index contributed by atoms with van der Waals surface area (Å²) >= 11 is 3.44. The van der Waals surface area contributed by atoms with Gasteiger partial charge in [-0.3, -0.25) is 9.48 Å². The predicted octanol–water partition coefficient (Wildman–Crippen LogP) is 1.69. The molecule has 88 valence electrons. The van der Waals surface area contributed by atoms with Gasteiger partial charge in [0, 0.05) is 18.1 Å². The Kier molecular flexibility index (Phi) is 2.82. The van der Waals surface area contributed by atoms with E-state index in [9.17, 15) is 4.79 Å². The third kappa shape index (κ3) is 1.88. The van der Waals surface area contributed by atoms with E-state index in [0.29, 0.717) is 0 Å². The molecule has 1 N–H and O–H groups in total. The molecule has 1 amide bonds. The Hall–Kier alpha value is -0.840. The fraction of sp³-hybridized carbons (Fsp3) is 0.636. The van der Waals surface area contributed by atoms with Crippen LogP contribution in [0.1, 0.15) is 34.6 Å². The summed E-state index contributed by atoms with van der Waals surface area (Å²) < 4.78 is 1.75. The first-order valence-electron chi connectivity index (χ1n) is 5.38. The maximum Gasteiger partial charge on any atom is 0.255 e. The lowest BCUT2D eigenvalue weighted by molar-refractivity contribution is 0.0935. The van der Waals surface area contributed by atoms with Gasteiger partial charge in [0.25, 0.3) is 5.91 Å². The van der Waals surface area contributed by atoms with Crippen LogP contribution in [0.5, 0.6) is 0 Å². The van der Waals surface area contributed by atoms with Crippen molar-refractivity contribution in [1.29, 1.82) is 0 Å². The second kappa shape index (κ2) is 3.87. The summed E-state index contributed by atoms with van der Waals surface area (Å²) in [7, 11) is 1.86. The van der Waals surface area contributed by atoms with Crippen molar-refractivity contribution in [3.63, 3.8) is 0 Å². The lowest BCUT2D eigenvalue weighted by atomic mass is 10.1. The first-order valence-corrected chi connectivity index (χ1v) is 6.50. The van der Waals surface area contributed by atoms with Gasteiger partial charge in [-0.15, -0.1) is 0 Å². The van der Waals surface area contributed by atoms with Gasteiger partial charge in [-0.05, 0) is 26.7 Å². The van der Waals surface area contributed by atoms with Gasteiger partial charge in [0.2, 0.25) is 0 Å². The molecule has 0 spiro atoms. The van der Waals surface area contributed by atoms with Crippen LogP contribution >= 0.6 is 15.9 Å². The zero-order chi connectivity index (χ0) is 11.9. The Morgan fingerprint density at radius 1 is 1.56 bits per heavy atom. The summed E-state index contributed by atoms with van der Waals surface area (Å²) in [6, 6.07) is 0. The second-order valence-corrected chi connectivity index (χ2v) is 5.10. The van der Waals surface area contributed by atoms with E-state index in [4.69, 9.17) is 0 Å². The monoisotopic (exact) mass is 285 g/mol. The van der Waals surface area contributed by atoms with Crippen LogP contribution in [0.4, 0.5) is 0 Å². The van der Waals surface area contributed by atoms with Crippen molar-refractivity contribution < 1.29 is 4.79 Å². The molecule has 0 unspecified atom stereocenters. The molecule has 0 aromatic carbocycles. The number of nitrogens with zero attached hydrogens (tertiary/aromatic N) is 2. The molecule has 1 heterocycles. The molecule has 0 aliphatic heterocycles. The van der Waals surface area contributed by atoms with Crippen molar-refractivity contribution in [2.45, 2.75) is 32.2 Å². The standard InChI is InChI=1S/C11H16BrN3O/c1-7-9(8(2)15(3)14-7)10(16)13-11(6-12)4-5-11/h4-6H2,1-3H3,(H,13,16). The lowest BCUT2D eigenvalue weighted by Crippen LogP contribution is -2.38. The second-order valence-electron chi connectivity index (χ2n) is 4.54. The molecule has 0 atom stereocenters. The number of nitrogens with one attached hydrogen (secondary N) is 1. The topological polar surface area (TPSA) is 46.9 Å². The number of carbonyl (C=O) groups is 1. The highest BCUT2D eigenvalue weighted by atomic mass is 79.9. The number of halogens is 1. The maximum absolute atomic E-state index is 12.1. The first-order chi connectivity index (χ1) is 7.49. The Labute approximate surface area is 104 Å². The summed E-state index contributed by atoms with van der Waals surface area (Å²) in [5, 5.41) is 8.16. The van der Waals surface area contributed by atoms with Gasteiger partial charge < -0.3 is 5.32 Å². The van der Waals surface area contributed by atoms with Crippen LogP contribution in [0.25, 0.3) is 0 Å². The molecule has 1 aliphatic carbocycles. The van der Waals surface area contributed by atoms with Crippen molar-refractivity contribution in [3.05, 3.63) is 17.0 Å². The molecule has 16 heavy (non-hydrogen) atoms. The molecule has 5 heteroatoms. The highest BCUT2D eigenvalue weighted by molar-refractivity contribution is 9.09. The van der Waals surface area contributed by atoms with Crippen LogP contribution in [0.15, 0.2) is 0 Å². The van der Waals surface area contributed by atoms with Gasteiger partial charge in [0.15, 0.2) is 0 Å². The number of aromatic nitrogens is 2. The average molecular weight is 286 g/mol. The quantitative estimate of drug-likeness (QED) is 0.860. The highest BCUT2D eigenvalue weighted by Crippen LogP contribution is 2.37. The smallest absolute Gasteiger partial charge is 0.255 e. The van der Waals surface area contributed by atoms with Crippen LogP contribution in [0.3, 0.4) is 0 Å². The normalized spacial score (nSPS) is 17.2. The molecule has 2 rings (SSSR count). The number of hydrogen-bond donors (Lipinski definition) is 1. The van der Waals surface area contributed by atoms with Gasteiger partial charge >= 0.3 is 0 Å². The zero-order valence-corrected chi connectivity index (χ0v) is 11.4. The Bertz CT molecular complexity index is 435. The highest BCUT2D eigenvalue weighted by Gasteiger charge is 2.43. The van der Waals surface area contributed by atoms with E-state index < -0.39 is 0 Å². The van der Waals surface area contributed by atoms with Crippen molar-refractivity contribution in [1.82, 2.24) is 15.1 Å². The molecule has 0 radical (unpaired) electrons. The van der Waals surface area contributed by atoms with E-state index in [0.717, 1.165) is 35.1 Å². The number of rotatable bonds is 3. The molecule has 1 aromatic rings. The van der Waals surface area contributed by atoms with Crippen molar-refractivity contribution in [2.24, 2.45) is 7.05 Å². The molecule has 1 fully saturated rings. The fourth-order valence-electron chi connectivity index (χ4n) is 1.85. The van der Waals surface area contributed by atoms with Crippen LogP contribution < -0.4 is 5.32 Å². The zero-order valence-electron chi connectivity index (χ0n) is 9.80. The van der Waals surface area contributed by atoms with Gasteiger partial charge in [0.05, 0.1) is 16.8 Å². The van der Waals surface area contributed by atoms with E-state index in [2.05, 4.69) is 26.3 Å². The van der Waals surface area contributed by atoms with E-state index >= 15 is 0 Å². The fourth-order valence-corrected chi connectivity index (χ4v) is 2.55. The van der Waals surface area contributed by atoms with E-state index in [-0.39, 0.29) is 11.4 Å². The molecule has 0 bridgehead atoms. The predicted molar refractivity (Wildman–Crippen MR) is 65.9 cm³/mol. The number of carbonyl (C=O) groups excluding carboxylic acids is 1. The van der Waals surface area contributed by atoms with Gasteiger partial charge in [-0.2, -0.15) is 5.10 Å². The Balaban J connectivity index is 2.21. The molecule has 1 aliphatic rings. The SMILES string of the molecule is Cc1nn(C)c(C)c1C(=O)NC1(CBr)CC1. The summed E-state index contributed by atoms with van der Waals surface area (Å²) in [6.45, 7) is 3.79. The van der Waals surface area contributed by atoms with Gasteiger partial charge in [-0.25, -0.2) is 0 Å². The largest absolute Gasteiger partial charge is 0.346 e. The van der Waals surface area contributed by atoms with Crippen LogP contribution in [-0.2, 0) is 7.05 Å². The lowest BCUT2D eigenvalue weighted by Gasteiger charge is -2.14. The number of alkyl halides is 1. The molecule has 4 nitrogen and oxygen atoms in total. The number of aryl methyl sites for hydroxylation is 2. The third-order valence-electron chi connectivity index (χ3n) is 3.22. The van der Waals surface area contributed by atoms with Crippen molar-refractivity contribution in [2.75, 3.05) is 5.33 Å². The van der Waals surface area contributed by atoms with Gasteiger partial charge in [-0.1, -0.05) is 15.9 Å².